The van der Waals surface area contributed by atoms with Crippen molar-refractivity contribution in [3.05, 3.63) is 45.9 Å². The fraction of sp³-hybridized carbons (Fsp3) is 0.500. The number of rotatable bonds is 9. The highest BCUT2D eigenvalue weighted by atomic mass is 127. The van der Waals surface area contributed by atoms with Crippen molar-refractivity contribution >= 4 is 41.3 Å². The van der Waals surface area contributed by atoms with Crippen LogP contribution in [0.1, 0.15) is 36.0 Å². The lowest BCUT2D eigenvalue weighted by Gasteiger charge is -2.21. The molecule has 0 aliphatic rings. The van der Waals surface area contributed by atoms with Crippen LogP contribution >= 0.6 is 35.3 Å². The standard InChI is InChI=1S/C20H30N4OS.HI/c1-5-21-20(24(3)14-18-15-26-16(2)23-18)22-13-7-6-8-17-9-11-19(25-4)12-10-17;/h9-12,15H,5-8,13-14H2,1-4H3,(H,21,22);1H. The number of halogens is 1. The van der Waals surface area contributed by atoms with E-state index < -0.39 is 0 Å². The number of hydrogen-bond donors (Lipinski definition) is 1. The molecule has 0 atom stereocenters. The smallest absolute Gasteiger partial charge is 0.194 e. The highest BCUT2D eigenvalue weighted by molar-refractivity contribution is 14.0. The van der Waals surface area contributed by atoms with Crippen LogP contribution in [0.3, 0.4) is 0 Å². The van der Waals surface area contributed by atoms with Gasteiger partial charge in [-0.05, 0) is 50.8 Å². The lowest BCUT2D eigenvalue weighted by atomic mass is 10.1. The quantitative estimate of drug-likeness (QED) is 0.238. The molecule has 5 nitrogen and oxygen atoms in total. The number of guanidine groups is 1. The molecule has 0 unspecified atom stereocenters. The van der Waals surface area contributed by atoms with Crippen LogP contribution in [0.2, 0.25) is 0 Å². The van der Waals surface area contributed by atoms with Crippen LogP contribution in [-0.4, -0.2) is 43.1 Å². The number of aryl methyl sites for hydroxylation is 2. The number of benzene rings is 1. The number of hydrogen-bond acceptors (Lipinski definition) is 4. The summed E-state index contributed by atoms with van der Waals surface area (Å²) in [5, 5.41) is 6.59. The Hall–Kier alpha value is -1.35. The second kappa shape index (κ2) is 12.9. The van der Waals surface area contributed by atoms with Gasteiger partial charge in [0.15, 0.2) is 5.96 Å². The molecule has 0 aliphatic heterocycles. The van der Waals surface area contributed by atoms with Crippen LogP contribution in [0, 0.1) is 6.92 Å². The van der Waals surface area contributed by atoms with Gasteiger partial charge in [-0.3, -0.25) is 4.99 Å². The highest BCUT2D eigenvalue weighted by Crippen LogP contribution is 2.13. The maximum absolute atomic E-state index is 5.19. The van der Waals surface area contributed by atoms with Crippen molar-refractivity contribution < 1.29 is 4.74 Å². The zero-order chi connectivity index (χ0) is 18.8. The predicted molar refractivity (Wildman–Crippen MR) is 126 cm³/mol. The maximum atomic E-state index is 5.19. The molecule has 0 fully saturated rings. The van der Waals surface area contributed by atoms with Gasteiger partial charge in [-0.1, -0.05) is 12.1 Å². The Balaban J connectivity index is 0.00000364. The fourth-order valence-corrected chi connectivity index (χ4v) is 3.29. The molecular weight excluding hydrogens is 471 g/mol. The van der Waals surface area contributed by atoms with Crippen molar-refractivity contribution in [2.45, 2.75) is 39.7 Å². The number of nitrogens with zero attached hydrogens (tertiary/aromatic N) is 3. The van der Waals surface area contributed by atoms with E-state index in [9.17, 15) is 0 Å². The molecule has 7 heteroatoms. The molecular formula is C20H31IN4OS. The third-order valence-electron chi connectivity index (χ3n) is 4.06. The highest BCUT2D eigenvalue weighted by Gasteiger charge is 2.08. The molecule has 0 spiro atoms. The van der Waals surface area contributed by atoms with Crippen LogP contribution in [-0.2, 0) is 13.0 Å². The monoisotopic (exact) mass is 502 g/mol. The minimum absolute atomic E-state index is 0. The van der Waals surface area contributed by atoms with E-state index in [1.807, 2.05) is 19.1 Å². The van der Waals surface area contributed by atoms with Crippen LogP contribution in [0.4, 0.5) is 0 Å². The lowest BCUT2D eigenvalue weighted by Crippen LogP contribution is -2.38. The Morgan fingerprint density at radius 1 is 1.26 bits per heavy atom. The van der Waals surface area contributed by atoms with Crippen LogP contribution in [0.5, 0.6) is 5.75 Å². The second-order valence-electron chi connectivity index (χ2n) is 6.25. The van der Waals surface area contributed by atoms with Gasteiger partial charge in [0.05, 0.1) is 24.4 Å². The summed E-state index contributed by atoms with van der Waals surface area (Å²) < 4.78 is 5.19. The Labute approximate surface area is 184 Å². The van der Waals surface area contributed by atoms with Crippen molar-refractivity contribution in [2.75, 3.05) is 27.2 Å². The van der Waals surface area contributed by atoms with E-state index in [0.717, 1.165) is 61.3 Å². The van der Waals surface area contributed by atoms with E-state index in [0.29, 0.717) is 0 Å². The van der Waals surface area contributed by atoms with Gasteiger partial charge in [-0.15, -0.1) is 35.3 Å². The summed E-state index contributed by atoms with van der Waals surface area (Å²) in [5.74, 6) is 1.86. The Morgan fingerprint density at radius 3 is 2.59 bits per heavy atom. The average molecular weight is 502 g/mol. The van der Waals surface area contributed by atoms with Crippen LogP contribution in [0.15, 0.2) is 34.6 Å². The normalized spacial score (nSPS) is 11.0. The summed E-state index contributed by atoms with van der Waals surface area (Å²) >= 11 is 1.69. The van der Waals surface area contributed by atoms with E-state index >= 15 is 0 Å². The number of ether oxygens (including phenoxy) is 1. The van der Waals surface area contributed by atoms with Gasteiger partial charge < -0.3 is 15.0 Å². The minimum atomic E-state index is 0. The number of thiazole rings is 1. The van der Waals surface area contributed by atoms with Gasteiger partial charge in [0.2, 0.25) is 0 Å². The molecule has 0 radical (unpaired) electrons. The summed E-state index contributed by atoms with van der Waals surface area (Å²) in [6.45, 7) is 6.61. The fourth-order valence-electron chi connectivity index (χ4n) is 2.69. The summed E-state index contributed by atoms with van der Waals surface area (Å²) in [5.41, 5.74) is 2.44. The number of unbranched alkanes of at least 4 members (excludes halogenated alkanes) is 1. The zero-order valence-corrected chi connectivity index (χ0v) is 19.8. The summed E-state index contributed by atoms with van der Waals surface area (Å²) in [6.07, 6.45) is 3.28. The van der Waals surface area contributed by atoms with E-state index in [1.54, 1.807) is 18.4 Å². The third-order valence-corrected chi connectivity index (χ3v) is 4.88. The van der Waals surface area contributed by atoms with Gasteiger partial charge in [0, 0.05) is 25.5 Å². The minimum Gasteiger partial charge on any atom is -0.497 e. The molecule has 1 heterocycles. The first-order valence-corrected chi connectivity index (χ1v) is 10.0. The van der Waals surface area contributed by atoms with Crippen molar-refractivity contribution in [3.8, 4) is 5.75 Å². The van der Waals surface area contributed by atoms with E-state index in [1.165, 1.54) is 5.56 Å². The number of aliphatic imine (C=N–C) groups is 1. The number of aromatic nitrogens is 1. The van der Waals surface area contributed by atoms with Gasteiger partial charge in [0.25, 0.3) is 0 Å². The third kappa shape index (κ3) is 8.47. The summed E-state index contributed by atoms with van der Waals surface area (Å²) in [7, 11) is 3.76. The molecule has 0 saturated carbocycles. The second-order valence-corrected chi connectivity index (χ2v) is 7.32. The molecule has 0 saturated heterocycles. The summed E-state index contributed by atoms with van der Waals surface area (Å²) in [4.78, 5) is 11.4. The molecule has 1 N–H and O–H groups in total. The molecule has 0 aliphatic carbocycles. The van der Waals surface area contributed by atoms with E-state index in [-0.39, 0.29) is 24.0 Å². The molecule has 150 valence electrons. The van der Waals surface area contributed by atoms with Crippen molar-refractivity contribution in [1.29, 1.82) is 0 Å². The van der Waals surface area contributed by atoms with Crippen molar-refractivity contribution in [2.24, 2.45) is 4.99 Å². The molecule has 1 aromatic carbocycles. The molecule has 2 aromatic rings. The molecule has 0 bridgehead atoms. The van der Waals surface area contributed by atoms with E-state index in [2.05, 4.69) is 46.7 Å². The first-order valence-electron chi connectivity index (χ1n) is 9.15. The summed E-state index contributed by atoms with van der Waals surface area (Å²) in [6, 6.07) is 8.31. The molecule has 2 rings (SSSR count). The van der Waals surface area contributed by atoms with Gasteiger partial charge in [-0.25, -0.2) is 4.98 Å². The van der Waals surface area contributed by atoms with E-state index in [4.69, 9.17) is 9.73 Å². The first-order chi connectivity index (χ1) is 12.6. The molecule has 1 aromatic heterocycles. The van der Waals surface area contributed by atoms with Crippen molar-refractivity contribution in [3.63, 3.8) is 0 Å². The van der Waals surface area contributed by atoms with Gasteiger partial charge in [-0.2, -0.15) is 0 Å². The molecule has 0 amide bonds. The maximum Gasteiger partial charge on any atom is 0.194 e. The lowest BCUT2D eigenvalue weighted by molar-refractivity contribution is 0.414. The Kier molecular flexibility index (Phi) is 11.3. The van der Waals surface area contributed by atoms with Crippen LogP contribution in [0.25, 0.3) is 0 Å². The largest absolute Gasteiger partial charge is 0.497 e. The van der Waals surface area contributed by atoms with Crippen LogP contribution < -0.4 is 10.1 Å². The Morgan fingerprint density at radius 2 is 2.00 bits per heavy atom. The molecule has 27 heavy (non-hydrogen) atoms. The van der Waals surface area contributed by atoms with Gasteiger partial charge >= 0.3 is 0 Å². The Bertz CT molecular complexity index is 688. The average Bonchev–Trinajstić information content (AvgIpc) is 3.05. The van der Waals surface area contributed by atoms with Gasteiger partial charge in [0.1, 0.15) is 5.75 Å². The SMILES string of the molecule is CCNC(=NCCCCc1ccc(OC)cc1)N(C)Cc1csc(C)n1.I. The zero-order valence-electron chi connectivity index (χ0n) is 16.7. The first kappa shape index (κ1) is 23.7. The number of nitrogens with one attached hydrogen (secondary N) is 1. The van der Waals surface area contributed by atoms with Crippen molar-refractivity contribution in [1.82, 2.24) is 15.2 Å². The topological polar surface area (TPSA) is 49.8 Å². The predicted octanol–water partition coefficient (Wildman–Crippen LogP) is 4.50. The number of methoxy groups -OCH3 is 1.